The number of primary amides is 1. The molecule has 6 rings (SSSR count). The topological polar surface area (TPSA) is 110 Å². The number of carbonyl (C=O) groups is 2. The summed E-state index contributed by atoms with van der Waals surface area (Å²) in [6.45, 7) is 0.194. The van der Waals surface area contributed by atoms with Gasteiger partial charge in [-0.1, -0.05) is 12.1 Å². The number of hydrogen-bond donors (Lipinski definition) is 2. The lowest BCUT2D eigenvalue weighted by Crippen LogP contribution is -2.63. The summed E-state index contributed by atoms with van der Waals surface area (Å²) in [7, 11) is -4.11. The number of hydrogen-bond acceptors (Lipinski definition) is 4. The van der Waals surface area contributed by atoms with Crippen LogP contribution in [0.1, 0.15) is 44.9 Å². The van der Waals surface area contributed by atoms with E-state index in [0.717, 1.165) is 29.6 Å². The number of nitrogens with two attached hydrogens (primary N) is 1. The summed E-state index contributed by atoms with van der Waals surface area (Å²) in [6, 6.07) is 4.36. The fraction of sp³-hybridized carbons (Fsp3) is 0.636. The number of halogens is 1. The average molecular weight is 450 g/mol. The summed E-state index contributed by atoms with van der Waals surface area (Å²) in [6.07, 6.45) is 5.15. The predicted octanol–water partition coefficient (Wildman–Crippen LogP) is 1.78. The minimum atomic E-state index is -4.11. The Labute approximate surface area is 181 Å². The van der Waals surface area contributed by atoms with Gasteiger partial charge in [-0.2, -0.15) is 4.31 Å². The van der Waals surface area contributed by atoms with Crippen LogP contribution < -0.4 is 11.1 Å². The van der Waals surface area contributed by atoms with Crippen LogP contribution in [-0.4, -0.2) is 43.2 Å². The maximum absolute atomic E-state index is 14.2. The zero-order chi connectivity index (χ0) is 22.0. The van der Waals surface area contributed by atoms with E-state index in [0.29, 0.717) is 31.6 Å². The Bertz CT molecular complexity index is 1010. The lowest BCUT2D eigenvalue weighted by Gasteiger charge is -2.59. The van der Waals surface area contributed by atoms with Gasteiger partial charge in [0.1, 0.15) is 16.8 Å². The maximum Gasteiger partial charge on any atom is 0.246 e. The molecule has 31 heavy (non-hydrogen) atoms. The van der Waals surface area contributed by atoms with Gasteiger partial charge in [0.25, 0.3) is 0 Å². The van der Waals surface area contributed by atoms with Crippen LogP contribution in [0.4, 0.5) is 4.39 Å². The molecule has 0 spiro atoms. The number of benzene rings is 1. The fourth-order valence-electron chi connectivity index (χ4n) is 6.89. The molecule has 4 bridgehead atoms. The Morgan fingerprint density at radius 2 is 1.81 bits per heavy atom. The Balaban J connectivity index is 1.34. The normalized spacial score (nSPS) is 37.1. The molecular weight excluding hydrogens is 421 g/mol. The lowest BCUT2D eigenvalue weighted by atomic mass is 9.47. The third kappa shape index (κ3) is 3.28. The van der Waals surface area contributed by atoms with Gasteiger partial charge in [-0.05, 0) is 74.8 Å². The summed E-state index contributed by atoms with van der Waals surface area (Å²) >= 11 is 0. The molecular formula is C22H28FN3O4S. The summed E-state index contributed by atoms with van der Waals surface area (Å²) in [5, 5.41) is 3.14. The molecule has 5 fully saturated rings. The molecule has 3 atom stereocenters. The highest BCUT2D eigenvalue weighted by molar-refractivity contribution is 7.89. The van der Waals surface area contributed by atoms with Gasteiger partial charge in [-0.3, -0.25) is 9.59 Å². The maximum atomic E-state index is 14.2. The molecule has 0 aromatic heterocycles. The molecule has 1 aromatic carbocycles. The second kappa shape index (κ2) is 7.27. The third-order valence-corrected chi connectivity index (χ3v) is 9.98. The monoisotopic (exact) mass is 449 g/mol. The second-order valence-corrected chi connectivity index (χ2v) is 11.7. The molecule has 2 amide bonds. The van der Waals surface area contributed by atoms with Crippen LogP contribution in [0.25, 0.3) is 0 Å². The van der Waals surface area contributed by atoms with E-state index in [9.17, 15) is 22.4 Å². The van der Waals surface area contributed by atoms with Crippen molar-refractivity contribution >= 4 is 21.8 Å². The number of nitrogens with zero attached hydrogens (tertiary/aromatic N) is 1. The van der Waals surface area contributed by atoms with Crippen LogP contribution in [0.2, 0.25) is 0 Å². The standard InChI is InChI=1S/C22H28FN3O4S/c23-16-4-1-2-6-18(16)31(29,30)26-7-3-5-17(26)20(27)25-19-14-8-13-9-15(19)12-22(10-13,11-14)21(24)28/h1-2,4,6,13-15,17,19H,3,5,7-12H2,(H2,24,28)(H,25,27)/t13?,14?,15?,17-,19?,22?/m1/s1. The number of sulfonamides is 1. The van der Waals surface area contributed by atoms with Crippen LogP contribution in [0.5, 0.6) is 0 Å². The molecule has 168 valence electrons. The Morgan fingerprint density at radius 1 is 1.13 bits per heavy atom. The molecule has 1 aromatic rings. The van der Waals surface area contributed by atoms with E-state index < -0.39 is 32.2 Å². The minimum absolute atomic E-state index is 0.0601. The van der Waals surface area contributed by atoms with Gasteiger partial charge in [0, 0.05) is 18.0 Å². The average Bonchev–Trinajstić information content (AvgIpc) is 3.21. The molecule has 4 aliphatic carbocycles. The van der Waals surface area contributed by atoms with Crippen molar-refractivity contribution in [2.24, 2.45) is 28.9 Å². The number of rotatable bonds is 5. The Morgan fingerprint density at radius 3 is 2.45 bits per heavy atom. The van der Waals surface area contributed by atoms with Crippen molar-refractivity contribution < 1.29 is 22.4 Å². The highest BCUT2D eigenvalue weighted by Crippen LogP contribution is 2.59. The van der Waals surface area contributed by atoms with Gasteiger partial charge < -0.3 is 11.1 Å². The van der Waals surface area contributed by atoms with Gasteiger partial charge in [0.15, 0.2) is 0 Å². The van der Waals surface area contributed by atoms with Crippen molar-refractivity contribution in [3.8, 4) is 0 Å². The van der Waals surface area contributed by atoms with Crippen LogP contribution >= 0.6 is 0 Å². The number of nitrogens with one attached hydrogen (secondary N) is 1. The quantitative estimate of drug-likeness (QED) is 0.714. The molecule has 1 saturated heterocycles. The SMILES string of the molecule is NC(=O)C12CC3CC(C1)C(NC(=O)[C@H]1CCCN1S(=O)(=O)c1ccccc1F)C(C3)C2. The number of amides is 2. The van der Waals surface area contributed by atoms with Crippen LogP contribution in [0, 0.1) is 29.0 Å². The van der Waals surface area contributed by atoms with E-state index in [-0.39, 0.29) is 36.2 Å². The summed E-state index contributed by atoms with van der Waals surface area (Å²) in [5.74, 6) is -0.493. The zero-order valence-electron chi connectivity index (χ0n) is 17.3. The van der Waals surface area contributed by atoms with Crippen LogP contribution in [0.15, 0.2) is 29.2 Å². The number of carbonyl (C=O) groups excluding carboxylic acids is 2. The van der Waals surface area contributed by atoms with Crippen molar-refractivity contribution in [1.29, 1.82) is 0 Å². The smallest absolute Gasteiger partial charge is 0.246 e. The van der Waals surface area contributed by atoms with E-state index in [1.165, 1.54) is 18.2 Å². The molecule has 0 radical (unpaired) electrons. The molecule has 4 saturated carbocycles. The van der Waals surface area contributed by atoms with Gasteiger partial charge in [0.05, 0.1) is 0 Å². The van der Waals surface area contributed by atoms with E-state index >= 15 is 0 Å². The third-order valence-electron chi connectivity index (χ3n) is 8.03. The first-order valence-corrected chi connectivity index (χ1v) is 12.5. The van der Waals surface area contributed by atoms with Crippen molar-refractivity contribution in [3.63, 3.8) is 0 Å². The molecule has 7 nitrogen and oxygen atoms in total. The van der Waals surface area contributed by atoms with Crippen LogP contribution in [-0.2, 0) is 19.6 Å². The van der Waals surface area contributed by atoms with Crippen molar-refractivity contribution in [2.75, 3.05) is 6.54 Å². The molecule has 1 aliphatic heterocycles. The second-order valence-electron chi connectivity index (χ2n) is 9.85. The Kier molecular flexibility index (Phi) is 4.89. The van der Waals surface area contributed by atoms with Crippen molar-refractivity contribution in [2.45, 2.75) is 61.9 Å². The van der Waals surface area contributed by atoms with Gasteiger partial charge >= 0.3 is 0 Å². The highest BCUT2D eigenvalue weighted by Gasteiger charge is 2.58. The first-order valence-electron chi connectivity index (χ1n) is 11.1. The predicted molar refractivity (Wildman–Crippen MR) is 110 cm³/mol. The van der Waals surface area contributed by atoms with Gasteiger partial charge in [-0.25, -0.2) is 12.8 Å². The fourth-order valence-corrected chi connectivity index (χ4v) is 8.62. The molecule has 5 aliphatic rings. The summed E-state index contributed by atoms with van der Waals surface area (Å²) in [4.78, 5) is 25.0. The van der Waals surface area contributed by atoms with E-state index in [4.69, 9.17) is 5.73 Å². The van der Waals surface area contributed by atoms with Crippen molar-refractivity contribution in [1.82, 2.24) is 9.62 Å². The first-order chi connectivity index (χ1) is 14.7. The molecule has 3 N–H and O–H groups in total. The molecule has 9 heteroatoms. The van der Waals surface area contributed by atoms with Gasteiger partial charge in [0.2, 0.25) is 21.8 Å². The molecule has 1 heterocycles. The zero-order valence-corrected chi connectivity index (χ0v) is 18.1. The van der Waals surface area contributed by atoms with Crippen molar-refractivity contribution in [3.05, 3.63) is 30.1 Å². The Hall–Kier alpha value is -2.00. The minimum Gasteiger partial charge on any atom is -0.369 e. The van der Waals surface area contributed by atoms with Crippen LogP contribution in [0.3, 0.4) is 0 Å². The summed E-state index contributed by atoms with van der Waals surface area (Å²) < 4.78 is 41.5. The molecule has 2 unspecified atom stereocenters. The van der Waals surface area contributed by atoms with E-state index in [1.54, 1.807) is 0 Å². The highest BCUT2D eigenvalue weighted by atomic mass is 32.2. The first kappa shape index (κ1) is 20.9. The largest absolute Gasteiger partial charge is 0.369 e. The van der Waals surface area contributed by atoms with Gasteiger partial charge in [-0.15, -0.1) is 0 Å². The summed E-state index contributed by atoms with van der Waals surface area (Å²) in [5.41, 5.74) is 5.30. The van der Waals surface area contributed by atoms with E-state index in [2.05, 4.69) is 5.32 Å². The van der Waals surface area contributed by atoms with E-state index in [1.807, 2.05) is 0 Å². The lowest BCUT2D eigenvalue weighted by molar-refractivity contribution is -0.147.